The minimum Gasteiger partial charge on any atom is -0.481 e. The summed E-state index contributed by atoms with van der Waals surface area (Å²) < 4.78 is 0. The van der Waals surface area contributed by atoms with Crippen molar-refractivity contribution in [3.8, 4) is 0 Å². The summed E-state index contributed by atoms with van der Waals surface area (Å²) in [6, 6.07) is 19.0. The van der Waals surface area contributed by atoms with Gasteiger partial charge in [-0.05, 0) is 24.3 Å². The molecule has 22 heavy (non-hydrogen) atoms. The lowest BCUT2D eigenvalue weighted by molar-refractivity contribution is -0.134. The number of hydrogen-bond acceptors (Lipinski definition) is 4. The molecule has 2 aromatic rings. The zero-order valence-corrected chi connectivity index (χ0v) is 13.3. The third-order valence-electron chi connectivity index (χ3n) is 2.21. The Morgan fingerprint density at radius 3 is 1.27 bits per heavy atom. The topological polar surface area (TPSA) is 74.6 Å². The highest BCUT2D eigenvalue weighted by Gasteiger charge is 1.97. The van der Waals surface area contributed by atoms with Crippen molar-refractivity contribution in [1.82, 2.24) is 0 Å². The van der Waals surface area contributed by atoms with E-state index in [-0.39, 0.29) is 11.5 Å². The van der Waals surface area contributed by atoms with E-state index >= 15 is 0 Å². The van der Waals surface area contributed by atoms with E-state index in [4.69, 9.17) is 10.2 Å². The standard InChI is InChI=1S/2C8H8O2S/c2*9-8(10)6-11-7-4-2-1-3-5-7/h2*1-5H,6H2,(H,9,10). The molecular formula is C16H16O4S2. The van der Waals surface area contributed by atoms with E-state index < -0.39 is 11.9 Å². The van der Waals surface area contributed by atoms with Gasteiger partial charge in [-0.3, -0.25) is 9.59 Å². The third kappa shape index (κ3) is 9.10. The number of hydrogen-bond donors (Lipinski definition) is 2. The number of rotatable bonds is 6. The number of thioether (sulfide) groups is 2. The summed E-state index contributed by atoms with van der Waals surface area (Å²) in [5.41, 5.74) is 0. The first kappa shape index (κ1) is 18.1. The predicted octanol–water partition coefficient (Wildman–Crippen LogP) is 3.73. The molecule has 0 aliphatic carbocycles. The molecule has 0 saturated carbocycles. The maximum atomic E-state index is 10.2. The van der Waals surface area contributed by atoms with Crippen LogP contribution in [0.1, 0.15) is 0 Å². The van der Waals surface area contributed by atoms with E-state index in [9.17, 15) is 9.59 Å². The van der Waals surface area contributed by atoms with Crippen molar-refractivity contribution < 1.29 is 19.8 Å². The van der Waals surface area contributed by atoms with E-state index in [1.807, 2.05) is 60.7 Å². The fourth-order valence-corrected chi connectivity index (χ4v) is 2.60. The second-order valence-corrected chi connectivity index (χ2v) is 6.09. The molecule has 0 spiro atoms. The lowest BCUT2D eigenvalue weighted by Crippen LogP contribution is -1.96. The average molecular weight is 336 g/mol. The SMILES string of the molecule is O=C(O)CSc1ccccc1.O=C(O)CSc1ccccc1. The Labute approximate surface area is 137 Å². The van der Waals surface area contributed by atoms with Gasteiger partial charge in [0.2, 0.25) is 0 Å². The van der Waals surface area contributed by atoms with Gasteiger partial charge in [0.25, 0.3) is 0 Å². The number of carboxylic acid groups (broad SMARTS) is 2. The highest BCUT2D eigenvalue weighted by molar-refractivity contribution is 8.00. The van der Waals surface area contributed by atoms with Crippen LogP contribution in [-0.4, -0.2) is 33.7 Å². The minimum atomic E-state index is -0.779. The highest BCUT2D eigenvalue weighted by Crippen LogP contribution is 2.16. The maximum Gasteiger partial charge on any atom is 0.313 e. The third-order valence-corrected chi connectivity index (χ3v) is 4.20. The summed E-state index contributed by atoms with van der Waals surface area (Å²) in [6.07, 6.45) is 0. The predicted molar refractivity (Wildman–Crippen MR) is 89.6 cm³/mol. The largest absolute Gasteiger partial charge is 0.481 e. The summed E-state index contributed by atoms with van der Waals surface area (Å²) >= 11 is 2.66. The molecular weight excluding hydrogens is 320 g/mol. The second kappa shape index (κ2) is 10.8. The smallest absolute Gasteiger partial charge is 0.313 e. The molecule has 0 heterocycles. The fourth-order valence-electron chi connectivity index (χ4n) is 1.32. The van der Waals surface area contributed by atoms with Gasteiger partial charge in [-0.2, -0.15) is 0 Å². The van der Waals surface area contributed by atoms with Crippen LogP contribution >= 0.6 is 23.5 Å². The van der Waals surface area contributed by atoms with Gasteiger partial charge in [0.15, 0.2) is 0 Å². The maximum absolute atomic E-state index is 10.2. The van der Waals surface area contributed by atoms with Crippen LogP contribution in [0.2, 0.25) is 0 Å². The fraction of sp³-hybridized carbons (Fsp3) is 0.125. The zero-order valence-electron chi connectivity index (χ0n) is 11.7. The monoisotopic (exact) mass is 336 g/mol. The average Bonchev–Trinajstić information content (AvgIpc) is 2.53. The summed E-state index contributed by atoms with van der Waals surface area (Å²) in [7, 11) is 0. The Bertz CT molecular complexity index is 520. The molecule has 2 N–H and O–H groups in total. The molecule has 0 unspecified atom stereocenters. The molecule has 0 aromatic heterocycles. The van der Waals surface area contributed by atoms with Crippen LogP contribution in [0.15, 0.2) is 70.5 Å². The molecule has 2 aromatic carbocycles. The quantitative estimate of drug-likeness (QED) is 0.783. The molecule has 6 heteroatoms. The summed E-state index contributed by atoms with van der Waals surface area (Å²) in [5, 5.41) is 16.7. The Morgan fingerprint density at radius 1 is 0.682 bits per heavy atom. The number of aliphatic carboxylic acids is 2. The Hall–Kier alpha value is -1.92. The van der Waals surface area contributed by atoms with Gasteiger partial charge in [-0.15, -0.1) is 23.5 Å². The first-order chi connectivity index (χ1) is 10.6. The number of benzene rings is 2. The first-order valence-electron chi connectivity index (χ1n) is 6.37. The van der Waals surface area contributed by atoms with E-state index in [1.54, 1.807) is 0 Å². The molecule has 0 amide bonds. The molecule has 0 atom stereocenters. The second-order valence-electron chi connectivity index (χ2n) is 3.99. The van der Waals surface area contributed by atoms with Crippen LogP contribution in [0.5, 0.6) is 0 Å². The van der Waals surface area contributed by atoms with Crippen molar-refractivity contribution in [2.24, 2.45) is 0 Å². The molecule has 0 saturated heterocycles. The van der Waals surface area contributed by atoms with Crippen LogP contribution in [-0.2, 0) is 9.59 Å². The van der Waals surface area contributed by atoms with Crippen molar-refractivity contribution in [2.75, 3.05) is 11.5 Å². The van der Waals surface area contributed by atoms with Crippen molar-refractivity contribution in [1.29, 1.82) is 0 Å². The van der Waals surface area contributed by atoms with E-state index in [0.717, 1.165) is 9.79 Å². The number of carbonyl (C=O) groups is 2. The van der Waals surface area contributed by atoms with Gasteiger partial charge in [0, 0.05) is 9.79 Å². The molecule has 0 aliphatic heterocycles. The first-order valence-corrected chi connectivity index (χ1v) is 8.34. The molecule has 4 nitrogen and oxygen atoms in total. The van der Waals surface area contributed by atoms with Gasteiger partial charge in [0.1, 0.15) is 0 Å². The van der Waals surface area contributed by atoms with E-state index in [1.165, 1.54) is 23.5 Å². The van der Waals surface area contributed by atoms with Gasteiger partial charge in [-0.1, -0.05) is 36.4 Å². The van der Waals surface area contributed by atoms with Crippen molar-refractivity contribution in [3.63, 3.8) is 0 Å². The normalized spacial score (nSPS) is 9.45. The molecule has 116 valence electrons. The van der Waals surface area contributed by atoms with Crippen LogP contribution in [0.25, 0.3) is 0 Å². The molecule has 0 aliphatic rings. The van der Waals surface area contributed by atoms with Crippen LogP contribution in [0, 0.1) is 0 Å². The van der Waals surface area contributed by atoms with Crippen LogP contribution in [0.3, 0.4) is 0 Å². The Kier molecular flexibility index (Phi) is 8.86. The summed E-state index contributed by atoms with van der Waals surface area (Å²) in [5.74, 6) is -1.30. The molecule has 0 fully saturated rings. The Morgan fingerprint density at radius 2 is 1.00 bits per heavy atom. The van der Waals surface area contributed by atoms with Crippen molar-refractivity contribution in [3.05, 3.63) is 60.7 Å². The van der Waals surface area contributed by atoms with Crippen LogP contribution < -0.4 is 0 Å². The van der Waals surface area contributed by atoms with Crippen molar-refractivity contribution in [2.45, 2.75) is 9.79 Å². The van der Waals surface area contributed by atoms with Gasteiger partial charge in [0.05, 0.1) is 11.5 Å². The minimum absolute atomic E-state index is 0.129. The number of carboxylic acids is 2. The molecule has 0 radical (unpaired) electrons. The summed E-state index contributed by atoms with van der Waals surface area (Å²) in [6.45, 7) is 0. The zero-order chi connectivity index (χ0) is 16.2. The Balaban J connectivity index is 0.000000220. The summed E-state index contributed by atoms with van der Waals surface area (Å²) in [4.78, 5) is 22.3. The lowest BCUT2D eigenvalue weighted by atomic mass is 10.4. The van der Waals surface area contributed by atoms with Gasteiger partial charge >= 0.3 is 11.9 Å². The molecule has 2 rings (SSSR count). The van der Waals surface area contributed by atoms with Gasteiger partial charge < -0.3 is 10.2 Å². The highest BCUT2D eigenvalue weighted by atomic mass is 32.2. The molecule has 0 bridgehead atoms. The van der Waals surface area contributed by atoms with Gasteiger partial charge in [-0.25, -0.2) is 0 Å². The van der Waals surface area contributed by atoms with E-state index in [2.05, 4.69) is 0 Å². The van der Waals surface area contributed by atoms with Crippen LogP contribution in [0.4, 0.5) is 0 Å². The van der Waals surface area contributed by atoms with E-state index in [0.29, 0.717) is 0 Å². The lowest BCUT2D eigenvalue weighted by Gasteiger charge is -1.95. The van der Waals surface area contributed by atoms with Crippen molar-refractivity contribution >= 4 is 35.5 Å².